The molecule has 0 unspecified atom stereocenters. The lowest BCUT2D eigenvalue weighted by molar-refractivity contribution is 0.560. The van der Waals surface area contributed by atoms with E-state index in [9.17, 15) is 0 Å². The minimum Gasteiger partial charge on any atom is -0.472 e. The van der Waals surface area contributed by atoms with Crippen LogP contribution in [0.3, 0.4) is 0 Å². The Labute approximate surface area is 104 Å². The van der Waals surface area contributed by atoms with Gasteiger partial charge in [0.1, 0.15) is 0 Å². The molecule has 0 fully saturated rings. The molecule has 16 heavy (non-hydrogen) atoms. The van der Waals surface area contributed by atoms with E-state index in [1.165, 1.54) is 16.7 Å². The third-order valence-corrected chi connectivity index (χ3v) is 3.17. The summed E-state index contributed by atoms with van der Waals surface area (Å²) in [5, 5.41) is 3.37. The molecule has 1 N–H and O–H groups in total. The summed E-state index contributed by atoms with van der Waals surface area (Å²) in [6.07, 6.45) is 3.45. The number of furan rings is 1. The van der Waals surface area contributed by atoms with Crippen molar-refractivity contribution in [2.24, 2.45) is 0 Å². The van der Waals surface area contributed by atoms with E-state index in [1.54, 1.807) is 12.5 Å². The van der Waals surface area contributed by atoms with Gasteiger partial charge in [0.05, 0.1) is 12.5 Å². The average Bonchev–Trinajstić information content (AvgIpc) is 2.74. The molecule has 2 nitrogen and oxygen atoms in total. The molecule has 0 amide bonds. The van der Waals surface area contributed by atoms with Gasteiger partial charge >= 0.3 is 0 Å². The first-order valence-corrected chi connectivity index (χ1v) is 6.02. The van der Waals surface area contributed by atoms with Gasteiger partial charge in [-0.15, -0.1) is 0 Å². The monoisotopic (exact) mass is 279 g/mol. The van der Waals surface area contributed by atoms with Crippen molar-refractivity contribution in [1.82, 2.24) is 5.32 Å². The molecule has 0 bridgehead atoms. The van der Waals surface area contributed by atoms with Gasteiger partial charge < -0.3 is 9.73 Å². The fourth-order valence-corrected chi connectivity index (χ4v) is 2.16. The SMILES string of the molecule is Cc1ccc(CNCc2ccoc2)c(Br)c1. The van der Waals surface area contributed by atoms with Crippen molar-refractivity contribution in [3.05, 3.63) is 58.0 Å². The van der Waals surface area contributed by atoms with Crippen LogP contribution >= 0.6 is 15.9 Å². The Morgan fingerprint density at radius 1 is 1.25 bits per heavy atom. The molecule has 0 aliphatic carbocycles. The van der Waals surface area contributed by atoms with Crippen LogP contribution in [0.5, 0.6) is 0 Å². The van der Waals surface area contributed by atoms with Gasteiger partial charge in [0, 0.05) is 23.1 Å². The van der Waals surface area contributed by atoms with Crippen LogP contribution in [0.15, 0.2) is 45.7 Å². The molecule has 84 valence electrons. The van der Waals surface area contributed by atoms with Gasteiger partial charge in [0.25, 0.3) is 0 Å². The predicted molar refractivity (Wildman–Crippen MR) is 68.1 cm³/mol. The fraction of sp³-hybridized carbons (Fsp3) is 0.231. The number of rotatable bonds is 4. The second-order valence-electron chi connectivity index (χ2n) is 3.83. The zero-order chi connectivity index (χ0) is 11.4. The van der Waals surface area contributed by atoms with Gasteiger partial charge in [0.15, 0.2) is 0 Å². The van der Waals surface area contributed by atoms with Crippen molar-refractivity contribution in [3.63, 3.8) is 0 Å². The highest BCUT2D eigenvalue weighted by Crippen LogP contribution is 2.18. The van der Waals surface area contributed by atoms with Gasteiger partial charge in [-0.05, 0) is 30.2 Å². The van der Waals surface area contributed by atoms with Gasteiger partial charge in [-0.1, -0.05) is 28.1 Å². The van der Waals surface area contributed by atoms with Crippen LogP contribution in [-0.2, 0) is 13.1 Å². The van der Waals surface area contributed by atoms with Crippen molar-refractivity contribution in [3.8, 4) is 0 Å². The molecular weight excluding hydrogens is 266 g/mol. The molecule has 0 aliphatic rings. The molecule has 0 aliphatic heterocycles. The molecule has 1 aromatic carbocycles. The zero-order valence-corrected chi connectivity index (χ0v) is 10.8. The number of nitrogens with one attached hydrogen (secondary N) is 1. The number of hydrogen-bond donors (Lipinski definition) is 1. The molecule has 0 spiro atoms. The molecule has 1 heterocycles. The topological polar surface area (TPSA) is 25.2 Å². The molecule has 0 saturated heterocycles. The quantitative estimate of drug-likeness (QED) is 0.925. The van der Waals surface area contributed by atoms with Crippen LogP contribution in [0.2, 0.25) is 0 Å². The normalized spacial score (nSPS) is 10.6. The summed E-state index contributed by atoms with van der Waals surface area (Å²) in [6.45, 7) is 3.77. The number of halogens is 1. The molecule has 0 radical (unpaired) electrons. The molecule has 1 aromatic heterocycles. The van der Waals surface area contributed by atoms with E-state index in [0.29, 0.717) is 0 Å². The number of hydrogen-bond acceptors (Lipinski definition) is 2. The Morgan fingerprint density at radius 3 is 2.81 bits per heavy atom. The number of benzene rings is 1. The van der Waals surface area contributed by atoms with Crippen molar-refractivity contribution < 1.29 is 4.42 Å². The summed E-state index contributed by atoms with van der Waals surface area (Å²) in [6, 6.07) is 8.37. The lowest BCUT2D eigenvalue weighted by atomic mass is 10.1. The summed E-state index contributed by atoms with van der Waals surface area (Å²) >= 11 is 3.57. The van der Waals surface area contributed by atoms with E-state index in [-0.39, 0.29) is 0 Å². The van der Waals surface area contributed by atoms with Crippen molar-refractivity contribution in [2.75, 3.05) is 0 Å². The van der Waals surface area contributed by atoms with E-state index in [1.807, 2.05) is 6.07 Å². The van der Waals surface area contributed by atoms with Gasteiger partial charge in [0.2, 0.25) is 0 Å². The summed E-state index contributed by atoms with van der Waals surface area (Å²) in [5.74, 6) is 0. The Morgan fingerprint density at radius 2 is 2.12 bits per heavy atom. The zero-order valence-electron chi connectivity index (χ0n) is 9.16. The van der Waals surface area contributed by atoms with E-state index in [0.717, 1.165) is 17.6 Å². The predicted octanol–water partition coefficient (Wildman–Crippen LogP) is 3.64. The highest BCUT2D eigenvalue weighted by molar-refractivity contribution is 9.10. The van der Waals surface area contributed by atoms with Crippen LogP contribution in [0.1, 0.15) is 16.7 Å². The summed E-state index contributed by atoms with van der Waals surface area (Å²) < 4.78 is 6.17. The van der Waals surface area contributed by atoms with Crippen molar-refractivity contribution >= 4 is 15.9 Å². The maximum atomic E-state index is 5.01. The Balaban J connectivity index is 1.90. The summed E-state index contributed by atoms with van der Waals surface area (Å²) in [7, 11) is 0. The fourth-order valence-electron chi connectivity index (χ4n) is 1.53. The van der Waals surface area contributed by atoms with Crippen molar-refractivity contribution in [2.45, 2.75) is 20.0 Å². The second kappa shape index (κ2) is 5.32. The third-order valence-electron chi connectivity index (χ3n) is 2.43. The maximum Gasteiger partial charge on any atom is 0.0947 e. The first-order chi connectivity index (χ1) is 7.75. The average molecular weight is 280 g/mol. The first kappa shape index (κ1) is 11.4. The highest BCUT2D eigenvalue weighted by Gasteiger charge is 2.00. The highest BCUT2D eigenvalue weighted by atomic mass is 79.9. The van der Waals surface area contributed by atoms with Crippen LogP contribution < -0.4 is 5.32 Å². The molecule has 0 saturated carbocycles. The lowest BCUT2D eigenvalue weighted by Gasteiger charge is -2.06. The van der Waals surface area contributed by atoms with Crippen LogP contribution in [0, 0.1) is 6.92 Å². The van der Waals surface area contributed by atoms with E-state index in [4.69, 9.17) is 4.42 Å². The van der Waals surface area contributed by atoms with Crippen LogP contribution in [-0.4, -0.2) is 0 Å². The van der Waals surface area contributed by atoms with E-state index >= 15 is 0 Å². The van der Waals surface area contributed by atoms with E-state index in [2.05, 4.69) is 46.4 Å². The minimum atomic E-state index is 0.830. The molecule has 0 atom stereocenters. The Kier molecular flexibility index (Phi) is 3.80. The first-order valence-electron chi connectivity index (χ1n) is 5.22. The van der Waals surface area contributed by atoms with Gasteiger partial charge in [-0.3, -0.25) is 0 Å². The minimum absolute atomic E-state index is 0.830. The van der Waals surface area contributed by atoms with E-state index < -0.39 is 0 Å². The van der Waals surface area contributed by atoms with Crippen molar-refractivity contribution in [1.29, 1.82) is 0 Å². The van der Waals surface area contributed by atoms with Gasteiger partial charge in [-0.2, -0.15) is 0 Å². The molecule has 2 rings (SSSR count). The largest absolute Gasteiger partial charge is 0.472 e. The molecule has 2 aromatic rings. The summed E-state index contributed by atoms with van der Waals surface area (Å²) in [4.78, 5) is 0. The Hall–Kier alpha value is -1.06. The standard InChI is InChI=1S/C13H14BrNO/c1-10-2-3-12(13(14)6-10)8-15-7-11-4-5-16-9-11/h2-6,9,15H,7-8H2,1H3. The number of aryl methyl sites for hydroxylation is 1. The molecule has 3 heteroatoms. The lowest BCUT2D eigenvalue weighted by Crippen LogP contribution is -2.12. The Bertz CT molecular complexity index is 451. The maximum absolute atomic E-state index is 5.01. The smallest absolute Gasteiger partial charge is 0.0947 e. The van der Waals surface area contributed by atoms with Gasteiger partial charge in [-0.25, -0.2) is 0 Å². The second-order valence-corrected chi connectivity index (χ2v) is 4.68. The van der Waals surface area contributed by atoms with Crippen LogP contribution in [0.25, 0.3) is 0 Å². The summed E-state index contributed by atoms with van der Waals surface area (Å²) in [5.41, 5.74) is 3.71. The third kappa shape index (κ3) is 2.97. The van der Waals surface area contributed by atoms with Crippen LogP contribution in [0.4, 0.5) is 0 Å². The molecular formula is C13H14BrNO.